The molecule has 104 valence electrons. The average molecular weight is 269 g/mol. The first kappa shape index (κ1) is 13.1. The van der Waals surface area contributed by atoms with Gasteiger partial charge in [-0.3, -0.25) is 4.98 Å². The van der Waals surface area contributed by atoms with Crippen LogP contribution in [0.5, 0.6) is 5.75 Å². The van der Waals surface area contributed by atoms with Crippen LogP contribution in [0.4, 0.5) is 0 Å². The van der Waals surface area contributed by atoms with Crippen molar-refractivity contribution in [2.24, 2.45) is 0 Å². The monoisotopic (exact) mass is 269 g/mol. The molecule has 0 aliphatic heterocycles. The molecule has 0 fully saturated rings. The lowest BCUT2D eigenvalue weighted by atomic mass is 9.93. The molecule has 0 saturated carbocycles. The third-order valence-electron chi connectivity index (χ3n) is 4.16. The third kappa shape index (κ3) is 2.18. The zero-order valence-corrected chi connectivity index (χ0v) is 11.8. The maximum Gasteiger partial charge on any atom is 0.122 e. The molecule has 3 heteroatoms. The first-order valence-electron chi connectivity index (χ1n) is 6.97. The third-order valence-corrected chi connectivity index (χ3v) is 4.16. The predicted molar refractivity (Wildman–Crippen MR) is 78.0 cm³/mol. The first-order chi connectivity index (χ1) is 9.70. The lowest BCUT2D eigenvalue weighted by molar-refractivity contribution is 0.143. The van der Waals surface area contributed by atoms with Crippen molar-refractivity contribution in [2.45, 2.75) is 31.8 Å². The number of pyridine rings is 1. The topological polar surface area (TPSA) is 42.4 Å². The van der Waals surface area contributed by atoms with Crippen molar-refractivity contribution in [1.82, 2.24) is 4.98 Å². The molecule has 0 bridgehead atoms. The second-order valence-electron chi connectivity index (χ2n) is 5.37. The van der Waals surface area contributed by atoms with Gasteiger partial charge in [-0.25, -0.2) is 0 Å². The van der Waals surface area contributed by atoms with Crippen LogP contribution >= 0.6 is 0 Å². The van der Waals surface area contributed by atoms with Crippen LogP contribution in [-0.2, 0) is 6.42 Å². The first-order valence-corrected chi connectivity index (χ1v) is 6.97. The number of aromatic nitrogens is 1. The van der Waals surface area contributed by atoms with E-state index in [0.29, 0.717) is 0 Å². The Labute approximate surface area is 119 Å². The van der Waals surface area contributed by atoms with E-state index in [1.807, 2.05) is 31.2 Å². The van der Waals surface area contributed by atoms with E-state index in [9.17, 15) is 5.11 Å². The second-order valence-corrected chi connectivity index (χ2v) is 5.37. The lowest BCUT2D eigenvalue weighted by Crippen LogP contribution is -2.09. The molecule has 3 nitrogen and oxygen atoms in total. The predicted octanol–water partition coefficient (Wildman–Crippen LogP) is 3.16. The molecule has 1 aromatic carbocycles. The second kappa shape index (κ2) is 5.25. The maximum absolute atomic E-state index is 10.7. The Hall–Kier alpha value is -1.87. The van der Waals surface area contributed by atoms with Crippen LogP contribution < -0.4 is 4.74 Å². The summed E-state index contributed by atoms with van der Waals surface area (Å²) < 4.78 is 5.34. The Kier molecular flexibility index (Phi) is 3.45. The van der Waals surface area contributed by atoms with E-state index < -0.39 is 6.10 Å². The smallest absolute Gasteiger partial charge is 0.122 e. The number of hydrogen-bond acceptors (Lipinski definition) is 3. The molecule has 1 heterocycles. The average Bonchev–Trinajstić information content (AvgIpc) is 2.91. The fourth-order valence-electron chi connectivity index (χ4n) is 3.00. The van der Waals surface area contributed by atoms with Crippen molar-refractivity contribution >= 4 is 0 Å². The minimum atomic E-state index is -0.527. The largest absolute Gasteiger partial charge is 0.496 e. The molecule has 2 aromatic rings. The molecule has 1 aliphatic carbocycles. The molecule has 20 heavy (non-hydrogen) atoms. The van der Waals surface area contributed by atoms with Gasteiger partial charge in [0.15, 0.2) is 0 Å². The van der Waals surface area contributed by atoms with Crippen LogP contribution in [0.2, 0.25) is 0 Å². The van der Waals surface area contributed by atoms with Crippen LogP contribution in [0, 0.1) is 6.92 Å². The molecule has 0 amide bonds. The molecule has 3 rings (SSSR count). The number of aliphatic hydroxyl groups excluding tert-OH is 1. The van der Waals surface area contributed by atoms with E-state index in [1.165, 1.54) is 5.56 Å². The van der Waals surface area contributed by atoms with Gasteiger partial charge >= 0.3 is 0 Å². The minimum Gasteiger partial charge on any atom is -0.496 e. The Morgan fingerprint density at radius 1 is 1.35 bits per heavy atom. The maximum atomic E-state index is 10.7. The zero-order valence-electron chi connectivity index (χ0n) is 11.8. The van der Waals surface area contributed by atoms with Gasteiger partial charge < -0.3 is 9.84 Å². The highest BCUT2D eigenvalue weighted by Crippen LogP contribution is 2.41. The summed E-state index contributed by atoms with van der Waals surface area (Å²) in [6.45, 7) is 2.00. The fraction of sp³-hybridized carbons (Fsp3) is 0.353. The molecule has 0 radical (unpaired) electrons. The van der Waals surface area contributed by atoms with Crippen molar-refractivity contribution in [1.29, 1.82) is 0 Å². The summed E-state index contributed by atoms with van der Waals surface area (Å²) in [5.74, 6) is 0.902. The number of ether oxygens (including phenoxy) is 1. The standard InChI is InChI=1S/C17H19NO2/c1-11-5-6-13(10-15(11)20-2)17(19)14-8-7-12-4-3-9-18-16(12)14/h3-6,9-10,14,17,19H,7-8H2,1-2H3. The summed E-state index contributed by atoms with van der Waals surface area (Å²) in [5, 5.41) is 10.7. The Morgan fingerprint density at radius 2 is 2.20 bits per heavy atom. The van der Waals surface area contributed by atoms with Crippen LogP contribution in [0.1, 0.15) is 40.8 Å². The van der Waals surface area contributed by atoms with Crippen LogP contribution in [0.3, 0.4) is 0 Å². The van der Waals surface area contributed by atoms with Crippen molar-refractivity contribution in [3.05, 3.63) is 58.9 Å². The normalized spacial score (nSPS) is 18.6. The Balaban J connectivity index is 1.92. The number of aliphatic hydroxyl groups is 1. The highest BCUT2D eigenvalue weighted by Gasteiger charge is 2.30. The number of methoxy groups -OCH3 is 1. The number of rotatable bonds is 3. The van der Waals surface area contributed by atoms with E-state index in [-0.39, 0.29) is 5.92 Å². The summed E-state index contributed by atoms with van der Waals surface area (Å²) >= 11 is 0. The number of aryl methyl sites for hydroxylation is 2. The zero-order chi connectivity index (χ0) is 14.1. The van der Waals surface area contributed by atoms with Gasteiger partial charge in [0.05, 0.1) is 13.2 Å². The Bertz CT molecular complexity index is 624. The van der Waals surface area contributed by atoms with E-state index >= 15 is 0 Å². The van der Waals surface area contributed by atoms with Gasteiger partial charge in [-0.05, 0) is 48.6 Å². The van der Waals surface area contributed by atoms with Crippen LogP contribution in [-0.4, -0.2) is 17.2 Å². The highest BCUT2D eigenvalue weighted by atomic mass is 16.5. The van der Waals surface area contributed by atoms with Gasteiger partial charge in [0.1, 0.15) is 5.75 Å². The highest BCUT2D eigenvalue weighted by molar-refractivity contribution is 5.39. The molecule has 1 aromatic heterocycles. The fourth-order valence-corrected chi connectivity index (χ4v) is 3.00. The molecular formula is C17H19NO2. The van der Waals surface area contributed by atoms with E-state index in [1.54, 1.807) is 13.3 Å². The van der Waals surface area contributed by atoms with Crippen molar-refractivity contribution in [3.63, 3.8) is 0 Å². The van der Waals surface area contributed by atoms with E-state index in [4.69, 9.17) is 4.74 Å². The molecule has 2 unspecified atom stereocenters. The number of fused-ring (bicyclic) bond motifs is 1. The van der Waals surface area contributed by atoms with Gasteiger partial charge in [-0.15, -0.1) is 0 Å². The van der Waals surface area contributed by atoms with Gasteiger partial charge in [-0.1, -0.05) is 18.2 Å². The molecule has 0 spiro atoms. The molecule has 1 aliphatic rings. The molecule has 0 saturated heterocycles. The van der Waals surface area contributed by atoms with Crippen LogP contribution in [0.15, 0.2) is 36.5 Å². The summed E-state index contributed by atoms with van der Waals surface area (Å²) in [6, 6.07) is 9.96. The SMILES string of the molecule is COc1cc(C(O)C2CCc3cccnc32)ccc1C. The lowest BCUT2D eigenvalue weighted by Gasteiger charge is -2.20. The summed E-state index contributed by atoms with van der Waals surface area (Å²) in [6.07, 6.45) is 3.22. The van der Waals surface area contributed by atoms with Crippen molar-refractivity contribution in [3.8, 4) is 5.75 Å². The number of nitrogens with zero attached hydrogens (tertiary/aromatic N) is 1. The summed E-state index contributed by atoms with van der Waals surface area (Å²) in [5.41, 5.74) is 4.28. The van der Waals surface area contributed by atoms with Crippen molar-refractivity contribution in [2.75, 3.05) is 7.11 Å². The number of benzene rings is 1. The minimum absolute atomic E-state index is 0.0820. The van der Waals surface area contributed by atoms with Gasteiger partial charge in [0.25, 0.3) is 0 Å². The summed E-state index contributed by atoms with van der Waals surface area (Å²) in [7, 11) is 1.66. The van der Waals surface area contributed by atoms with E-state index in [2.05, 4.69) is 11.1 Å². The quantitative estimate of drug-likeness (QED) is 0.930. The van der Waals surface area contributed by atoms with Gasteiger partial charge in [0, 0.05) is 17.8 Å². The number of hydrogen-bond donors (Lipinski definition) is 1. The molecule has 2 atom stereocenters. The van der Waals surface area contributed by atoms with E-state index in [0.717, 1.165) is 35.4 Å². The molecule has 1 N–H and O–H groups in total. The van der Waals surface area contributed by atoms with Gasteiger partial charge in [0.2, 0.25) is 0 Å². The van der Waals surface area contributed by atoms with Gasteiger partial charge in [-0.2, -0.15) is 0 Å². The van der Waals surface area contributed by atoms with Crippen LogP contribution in [0.25, 0.3) is 0 Å². The summed E-state index contributed by atoms with van der Waals surface area (Å²) in [4.78, 5) is 4.46. The van der Waals surface area contributed by atoms with Crippen molar-refractivity contribution < 1.29 is 9.84 Å². The Morgan fingerprint density at radius 3 is 3.00 bits per heavy atom. The molecular weight excluding hydrogens is 250 g/mol.